The molecular weight excluding hydrogens is 334 g/mol. The minimum absolute atomic E-state index is 0.00834. The van der Waals surface area contributed by atoms with Gasteiger partial charge in [0.15, 0.2) is 0 Å². The fraction of sp³-hybridized carbons (Fsp3) is 0.833. The topological polar surface area (TPSA) is 27.1 Å². The van der Waals surface area contributed by atoms with Gasteiger partial charge in [-0.15, -0.1) is 5.10 Å². The molecule has 1 heterocycles. The summed E-state index contributed by atoms with van der Waals surface area (Å²) in [5.74, 6) is -0.0660. The molecule has 140 valence electrons. The van der Waals surface area contributed by atoms with Gasteiger partial charge < -0.3 is 4.74 Å². The number of nitrogens with zero attached hydrogens (tertiary/aromatic N) is 2. The molecule has 0 aliphatic rings. The maximum Gasteiger partial charge on any atom is 0.272 e. The van der Waals surface area contributed by atoms with Crippen LogP contribution >= 0.6 is 11.6 Å². The van der Waals surface area contributed by atoms with E-state index in [2.05, 4.69) is 25.9 Å². The summed E-state index contributed by atoms with van der Waals surface area (Å²) in [6, 6.07) is 0. The predicted octanol–water partition coefficient (Wildman–Crippen LogP) is 6.75. The van der Waals surface area contributed by atoms with Gasteiger partial charge in [-0.2, -0.15) is 0 Å². The second kappa shape index (κ2) is 10.2. The Hall–Kier alpha value is -0.840. The SMILES string of the molecule is CCCCCCCC(C)(CCCC)n1nc(OC)c(C(F)F)c1Cl. The highest BCUT2D eigenvalue weighted by Gasteiger charge is 2.34. The first-order chi connectivity index (χ1) is 11.4. The van der Waals surface area contributed by atoms with Gasteiger partial charge in [-0.3, -0.25) is 0 Å². The Bertz CT molecular complexity index is 494. The highest BCUT2D eigenvalue weighted by molar-refractivity contribution is 6.30. The monoisotopic (exact) mass is 364 g/mol. The quantitative estimate of drug-likeness (QED) is 0.383. The third-order valence-corrected chi connectivity index (χ3v) is 5.00. The molecule has 0 aliphatic carbocycles. The zero-order chi connectivity index (χ0) is 18.2. The highest BCUT2D eigenvalue weighted by atomic mass is 35.5. The maximum atomic E-state index is 13.3. The van der Waals surface area contributed by atoms with E-state index in [9.17, 15) is 8.78 Å². The van der Waals surface area contributed by atoms with E-state index >= 15 is 0 Å². The van der Waals surface area contributed by atoms with Crippen LogP contribution < -0.4 is 4.74 Å². The standard InChI is InChI=1S/C18H31ClF2N2O/c1-5-7-9-10-11-13-18(3,12-8-6-2)23-15(19)14(16(20)21)17(22-23)24-4/h16H,5-13H2,1-4H3. The second-order valence-corrected chi connectivity index (χ2v) is 7.05. The van der Waals surface area contributed by atoms with Gasteiger partial charge in [0.05, 0.1) is 12.6 Å². The number of unbranched alkanes of at least 4 members (excludes halogenated alkanes) is 5. The smallest absolute Gasteiger partial charge is 0.272 e. The third kappa shape index (κ3) is 5.33. The van der Waals surface area contributed by atoms with Crippen LogP contribution in [0.2, 0.25) is 5.15 Å². The number of rotatable bonds is 12. The van der Waals surface area contributed by atoms with Crippen LogP contribution in [0.15, 0.2) is 0 Å². The average Bonchev–Trinajstić information content (AvgIpc) is 2.90. The minimum Gasteiger partial charge on any atom is -0.480 e. The molecule has 0 saturated carbocycles. The zero-order valence-electron chi connectivity index (χ0n) is 15.4. The fourth-order valence-electron chi connectivity index (χ4n) is 3.09. The Labute approximate surface area is 149 Å². The molecule has 3 nitrogen and oxygen atoms in total. The van der Waals surface area contributed by atoms with Gasteiger partial charge in [0.25, 0.3) is 6.43 Å². The van der Waals surface area contributed by atoms with E-state index in [1.54, 1.807) is 4.68 Å². The number of ether oxygens (including phenoxy) is 1. The van der Waals surface area contributed by atoms with Crippen molar-refractivity contribution in [2.75, 3.05) is 7.11 Å². The first-order valence-electron chi connectivity index (χ1n) is 9.02. The lowest BCUT2D eigenvalue weighted by atomic mass is 9.88. The molecule has 0 saturated heterocycles. The van der Waals surface area contributed by atoms with Crippen molar-refractivity contribution < 1.29 is 13.5 Å². The van der Waals surface area contributed by atoms with E-state index < -0.39 is 6.43 Å². The Morgan fingerprint density at radius 1 is 1.08 bits per heavy atom. The molecule has 1 aromatic heterocycles. The van der Waals surface area contributed by atoms with Crippen LogP contribution in [0.25, 0.3) is 0 Å². The molecular formula is C18H31ClF2N2O. The molecule has 0 aromatic carbocycles. The van der Waals surface area contributed by atoms with Crippen molar-refractivity contribution >= 4 is 11.6 Å². The summed E-state index contributed by atoms with van der Waals surface area (Å²) in [7, 11) is 1.35. The van der Waals surface area contributed by atoms with Crippen molar-refractivity contribution in [1.29, 1.82) is 0 Å². The molecule has 24 heavy (non-hydrogen) atoms. The van der Waals surface area contributed by atoms with Gasteiger partial charge >= 0.3 is 0 Å². The van der Waals surface area contributed by atoms with E-state index in [4.69, 9.17) is 16.3 Å². The molecule has 6 heteroatoms. The van der Waals surface area contributed by atoms with Crippen molar-refractivity contribution in [2.45, 2.75) is 90.5 Å². The Morgan fingerprint density at radius 3 is 2.17 bits per heavy atom. The molecule has 1 rings (SSSR count). The average molecular weight is 365 g/mol. The summed E-state index contributed by atoms with van der Waals surface area (Å²) in [6.45, 7) is 6.38. The van der Waals surface area contributed by atoms with Gasteiger partial charge in [0, 0.05) is 0 Å². The van der Waals surface area contributed by atoms with E-state index in [-0.39, 0.29) is 22.1 Å². The second-order valence-electron chi connectivity index (χ2n) is 6.69. The molecule has 0 N–H and O–H groups in total. The summed E-state index contributed by atoms with van der Waals surface area (Å²) < 4.78 is 33.2. The van der Waals surface area contributed by atoms with Crippen LogP contribution in [-0.4, -0.2) is 16.9 Å². The van der Waals surface area contributed by atoms with Crippen molar-refractivity contribution in [1.82, 2.24) is 9.78 Å². The zero-order valence-corrected chi connectivity index (χ0v) is 16.1. The van der Waals surface area contributed by atoms with E-state index in [0.29, 0.717) is 0 Å². The van der Waals surface area contributed by atoms with Gasteiger partial charge in [0.2, 0.25) is 5.88 Å². The minimum atomic E-state index is -2.69. The summed E-state index contributed by atoms with van der Waals surface area (Å²) in [6.07, 6.45) is 6.94. The summed E-state index contributed by atoms with van der Waals surface area (Å²) in [5.41, 5.74) is -0.660. The van der Waals surface area contributed by atoms with E-state index in [1.165, 1.54) is 26.4 Å². The first-order valence-corrected chi connectivity index (χ1v) is 9.40. The molecule has 0 radical (unpaired) electrons. The number of halogens is 3. The molecule has 0 spiro atoms. The lowest BCUT2D eigenvalue weighted by molar-refractivity contribution is 0.147. The molecule has 0 amide bonds. The largest absolute Gasteiger partial charge is 0.480 e. The van der Waals surface area contributed by atoms with Crippen molar-refractivity contribution in [2.24, 2.45) is 0 Å². The number of hydrogen-bond acceptors (Lipinski definition) is 2. The number of alkyl halides is 2. The first kappa shape index (κ1) is 21.2. The molecule has 0 aliphatic heterocycles. The molecule has 0 fully saturated rings. The van der Waals surface area contributed by atoms with Crippen LogP contribution in [0.4, 0.5) is 8.78 Å². The lowest BCUT2D eigenvalue weighted by Crippen LogP contribution is -2.31. The van der Waals surface area contributed by atoms with E-state index in [1.807, 2.05) is 0 Å². The third-order valence-electron chi connectivity index (χ3n) is 4.64. The Balaban J connectivity index is 3.02. The van der Waals surface area contributed by atoms with Gasteiger partial charge in [-0.25, -0.2) is 13.5 Å². The number of hydrogen-bond donors (Lipinski definition) is 0. The lowest BCUT2D eigenvalue weighted by Gasteiger charge is -2.31. The van der Waals surface area contributed by atoms with Crippen LogP contribution in [0.1, 0.15) is 90.5 Å². The van der Waals surface area contributed by atoms with Gasteiger partial charge in [0.1, 0.15) is 10.7 Å². The van der Waals surface area contributed by atoms with Crippen molar-refractivity contribution in [3.8, 4) is 5.88 Å². The molecule has 1 unspecified atom stereocenters. The summed E-state index contributed by atoms with van der Waals surface area (Å²) in [4.78, 5) is 0. The van der Waals surface area contributed by atoms with Crippen molar-refractivity contribution in [3.63, 3.8) is 0 Å². The molecule has 1 atom stereocenters. The highest BCUT2D eigenvalue weighted by Crippen LogP contribution is 2.40. The normalized spacial score (nSPS) is 14.2. The van der Waals surface area contributed by atoms with Crippen LogP contribution in [0, 0.1) is 0 Å². The van der Waals surface area contributed by atoms with Crippen LogP contribution in [0.3, 0.4) is 0 Å². The number of aromatic nitrogens is 2. The predicted molar refractivity (Wildman–Crippen MR) is 95.3 cm³/mol. The number of methoxy groups -OCH3 is 1. The molecule has 0 bridgehead atoms. The van der Waals surface area contributed by atoms with Crippen LogP contribution in [-0.2, 0) is 5.54 Å². The summed E-state index contributed by atoms with van der Waals surface area (Å²) in [5, 5.41) is 4.28. The van der Waals surface area contributed by atoms with Gasteiger partial charge in [-0.05, 0) is 19.8 Å². The molecule has 1 aromatic rings. The van der Waals surface area contributed by atoms with Crippen LogP contribution in [0.5, 0.6) is 5.88 Å². The Morgan fingerprint density at radius 2 is 1.67 bits per heavy atom. The summed E-state index contributed by atoms with van der Waals surface area (Å²) >= 11 is 6.27. The Kier molecular flexibility index (Phi) is 9.03. The van der Waals surface area contributed by atoms with E-state index in [0.717, 1.165) is 38.5 Å². The maximum absolute atomic E-state index is 13.3. The van der Waals surface area contributed by atoms with Crippen molar-refractivity contribution in [3.05, 3.63) is 10.7 Å². The fourth-order valence-corrected chi connectivity index (χ4v) is 3.49. The van der Waals surface area contributed by atoms with Gasteiger partial charge in [-0.1, -0.05) is 70.4 Å².